The Labute approximate surface area is 228 Å². The number of carbonyl (C=O) groups excluding carboxylic acids is 1. The first-order valence-electron chi connectivity index (χ1n) is 12.3. The highest BCUT2D eigenvalue weighted by Gasteiger charge is 2.34. The summed E-state index contributed by atoms with van der Waals surface area (Å²) in [6, 6.07) is 15.4. The normalized spacial score (nSPS) is 12.8. The maximum atomic E-state index is 14.6. The quantitative estimate of drug-likeness (QED) is 0.0804. The van der Waals surface area contributed by atoms with Crippen LogP contribution >= 0.6 is 0 Å². The number of nitrogen functional groups attached to an aromatic ring is 2. The predicted molar refractivity (Wildman–Crippen MR) is 142 cm³/mol. The molecule has 4 N–H and O–H groups in total. The fourth-order valence-corrected chi connectivity index (χ4v) is 3.61. The van der Waals surface area contributed by atoms with Crippen molar-refractivity contribution in [3.63, 3.8) is 0 Å². The predicted octanol–water partition coefficient (Wildman–Crippen LogP) is 7.06. The highest BCUT2D eigenvalue weighted by atomic mass is 19.4. The molecule has 3 aromatic rings. The third kappa shape index (κ3) is 9.48. The van der Waals surface area contributed by atoms with Crippen LogP contribution in [0.25, 0.3) is 6.08 Å². The second-order valence-electron chi connectivity index (χ2n) is 9.03. The van der Waals surface area contributed by atoms with Crippen LogP contribution in [0.15, 0.2) is 72.8 Å². The SMILES string of the molecule is CC(COC(=O)/C=C/c1ccc(OC(F)(F)c2ccc(OCCCC(F)(F)F)cc2)cc1)c1ccc(N)cc1N. The molecule has 6 nitrogen and oxygen atoms in total. The zero-order valence-electron chi connectivity index (χ0n) is 21.6. The molecule has 0 aliphatic heterocycles. The highest BCUT2D eigenvalue weighted by Crippen LogP contribution is 2.33. The summed E-state index contributed by atoms with van der Waals surface area (Å²) in [5.41, 5.74) is 13.6. The lowest BCUT2D eigenvalue weighted by molar-refractivity contribution is -0.185. The number of alkyl halides is 5. The largest absolute Gasteiger partial charge is 0.494 e. The van der Waals surface area contributed by atoms with Crippen molar-refractivity contribution in [2.75, 3.05) is 24.7 Å². The molecule has 3 aromatic carbocycles. The number of nitrogens with two attached hydrogens (primary N) is 2. The van der Waals surface area contributed by atoms with E-state index in [1.165, 1.54) is 48.6 Å². The molecular weight excluding hydrogens is 535 g/mol. The summed E-state index contributed by atoms with van der Waals surface area (Å²) >= 11 is 0. The van der Waals surface area contributed by atoms with Crippen LogP contribution in [0.4, 0.5) is 33.3 Å². The molecule has 0 amide bonds. The van der Waals surface area contributed by atoms with Crippen molar-refractivity contribution in [2.24, 2.45) is 0 Å². The van der Waals surface area contributed by atoms with E-state index >= 15 is 0 Å². The summed E-state index contributed by atoms with van der Waals surface area (Å²) in [4.78, 5) is 12.1. The summed E-state index contributed by atoms with van der Waals surface area (Å²) in [5.74, 6) is -0.684. The summed E-state index contributed by atoms with van der Waals surface area (Å²) in [6.07, 6.45) is -6.50. The first-order chi connectivity index (χ1) is 18.8. The number of hydrogen-bond acceptors (Lipinski definition) is 6. The van der Waals surface area contributed by atoms with Gasteiger partial charge in [0.15, 0.2) is 0 Å². The Hall–Kier alpha value is -4.28. The van der Waals surface area contributed by atoms with Gasteiger partial charge in [-0.15, -0.1) is 0 Å². The molecule has 0 aromatic heterocycles. The van der Waals surface area contributed by atoms with Gasteiger partial charge in [0.05, 0.1) is 18.8 Å². The molecular formula is C29H29F5N2O4. The van der Waals surface area contributed by atoms with E-state index < -0.39 is 30.2 Å². The van der Waals surface area contributed by atoms with E-state index in [2.05, 4.69) is 0 Å². The van der Waals surface area contributed by atoms with Gasteiger partial charge in [-0.2, -0.15) is 22.0 Å². The van der Waals surface area contributed by atoms with Gasteiger partial charge < -0.3 is 25.7 Å². The average molecular weight is 565 g/mol. The first kappa shape index (κ1) is 30.3. The van der Waals surface area contributed by atoms with Crippen molar-refractivity contribution in [3.8, 4) is 11.5 Å². The minimum Gasteiger partial charge on any atom is -0.494 e. The Balaban J connectivity index is 1.48. The Morgan fingerprint density at radius 3 is 2.20 bits per heavy atom. The molecule has 0 fully saturated rings. The Morgan fingerprint density at radius 2 is 1.57 bits per heavy atom. The van der Waals surface area contributed by atoms with Gasteiger partial charge >= 0.3 is 18.3 Å². The van der Waals surface area contributed by atoms with Gasteiger partial charge in [0, 0.05) is 29.8 Å². The van der Waals surface area contributed by atoms with Crippen LogP contribution in [0.3, 0.4) is 0 Å². The van der Waals surface area contributed by atoms with Crippen LogP contribution in [0.1, 0.15) is 42.4 Å². The molecule has 1 atom stereocenters. The lowest BCUT2D eigenvalue weighted by atomic mass is 10.00. The number of benzene rings is 3. The van der Waals surface area contributed by atoms with Crippen molar-refractivity contribution >= 4 is 23.4 Å². The summed E-state index contributed by atoms with van der Waals surface area (Å²) in [7, 11) is 0. The van der Waals surface area contributed by atoms with Crippen molar-refractivity contribution in [1.82, 2.24) is 0 Å². The minimum atomic E-state index is -4.28. The zero-order valence-corrected chi connectivity index (χ0v) is 21.6. The van der Waals surface area contributed by atoms with Crippen LogP contribution in [-0.4, -0.2) is 25.4 Å². The molecule has 0 radical (unpaired) electrons. The molecule has 0 spiro atoms. The molecule has 0 saturated carbocycles. The van der Waals surface area contributed by atoms with Crippen molar-refractivity contribution in [2.45, 2.75) is 38.0 Å². The average Bonchev–Trinajstić information content (AvgIpc) is 2.89. The second-order valence-corrected chi connectivity index (χ2v) is 9.03. The van der Waals surface area contributed by atoms with Gasteiger partial charge in [-0.25, -0.2) is 4.79 Å². The third-order valence-electron chi connectivity index (χ3n) is 5.72. The van der Waals surface area contributed by atoms with Gasteiger partial charge in [0.2, 0.25) is 0 Å². The molecule has 40 heavy (non-hydrogen) atoms. The molecule has 0 aliphatic rings. The van der Waals surface area contributed by atoms with Crippen molar-refractivity contribution in [1.29, 1.82) is 0 Å². The Bertz CT molecular complexity index is 1290. The standard InChI is InChI=1S/C29H29F5N2O4/c1-19(25-13-8-22(35)17-26(25)36)18-39-27(37)14-5-20-3-9-24(10-4-20)40-29(33,34)21-6-11-23(12-7-21)38-16-2-15-28(30,31)32/h3-14,17,19H,2,15-16,18,35-36H2,1H3/b14-5+. The monoisotopic (exact) mass is 564 g/mol. The molecule has 214 valence electrons. The van der Waals surface area contributed by atoms with Crippen LogP contribution in [-0.2, 0) is 15.6 Å². The smallest absolute Gasteiger partial charge is 0.426 e. The topological polar surface area (TPSA) is 96.8 Å². The molecule has 1 unspecified atom stereocenters. The maximum absolute atomic E-state index is 14.6. The Morgan fingerprint density at radius 1 is 0.925 bits per heavy atom. The minimum absolute atomic E-state index is 0.102. The Kier molecular flexibility index (Phi) is 9.98. The number of esters is 1. The molecule has 0 saturated heterocycles. The number of ether oxygens (including phenoxy) is 3. The molecule has 0 heterocycles. The van der Waals surface area contributed by atoms with E-state index in [1.807, 2.05) is 6.92 Å². The van der Waals surface area contributed by atoms with Gasteiger partial charge in [-0.1, -0.05) is 25.1 Å². The first-order valence-corrected chi connectivity index (χ1v) is 12.3. The molecule has 0 aliphatic carbocycles. The van der Waals surface area contributed by atoms with Gasteiger partial charge in [-0.3, -0.25) is 0 Å². The van der Waals surface area contributed by atoms with E-state index in [-0.39, 0.29) is 37.1 Å². The molecule has 3 rings (SSSR count). The van der Waals surface area contributed by atoms with Crippen molar-refractivity contribution in [3.05, 3.63) is 89.5 Å². The van der Waals surface area contributed by atoms with E-state index in [0.29, 0.717) is 16.9 Å². The zero-order chi connectivity index (χ0) is 29.3. The molecule has 0 bridgehead atoms. The summed E-state index contributed by atoms with van der Waals surface area (Å²) in [5, 5.41) is 0. The lowest BCUT2D eigenvalue weighted by Crippen LogP contribution is -2.21. The molecule has 11 heteroatoms. The van der Waals surface area contributed by atoms with Gasteiger partial charge in [0.1, 0.15) is 11.5 Å². The number of hydrogen-bond donors (Lipinski definition) is 2. The number of halogens is 5. The third-order valence-corrected chi connectivity index (χ3v) is 5.72. The van der Waals surface area contributed by atoms with Crippen LogP contribution in [0.2, 0.25) is 0 Å². The fourth-order valence-electron chi connectivity index (χ4n) is 3.61. The fraction of sp³-hybridized carbons (Fsp3) is 0.276. The van der Waals surface area contributed by atoms with Crippen LogP contribution in [0, 0.1) is 0 Å². The van der Waals surface area contributed by atoms with Crippen LogP contribution in [0.5, 0.6) is 11.5 Å². The van der Waals surface area contributed by atoms with E-state index in [9.17, 15) is 26.7 Å². The van der Waals surface area contributed by atoms with E-state index in [1.54, 1.807) is 18.2 Å². The lowest BCUT2D eigenvalue weighted by Gasteiger charge is -2.18. The van der Waals surface area contributed by atoms with E-state index in [4.69, 9.17) is 25.7 Å². The van der Waals surface area contributed by atoms with E-state index in [0.717, 1.165) is 17.7 Å². The summed E-state index contributed by atoms with van der Waals surface area (Å²) in [6.45, 7) is 1.77. The maximum Gasteiger partial charge on any atom is 0.426 e. The number of anilines is 2. The summed E-state index contributed by atoms with van der Waals surface area (Å²) < 4.78 is 81.0. The second kappa shape index (κ2) is 13.2. The number of carbonyl (C=O) groups is 1. The highest BCUT2D eigenvalue weighted by molar-refractivity contribution is 5.87. The van der Waals surface area contributed by atoms with Crippen molar-refractivity contribution < 1.29 is 41.0 Å². The van der Waals surface area contributed by atoms with Crippen LogP contribution < -0.4 is 20.9 Å². The van der Waals surface area contributed by atoms with Gasteiger partial charge in [-0.05, 0) is 72.2 Å². The number of rotatable bonds is 12. The van der Waals surface area contributed by atoms with Gasteiger partial charge in [0.25, 0.3) is 0 Å².